The molecule has 0 radical (unpaired) electrons. The summed E-state index contributed by atoms with van der Waals surface area (Å²) in [7, 11) is 0. The Bertz CT molecular complexity index is 455. The Balaban J connectivity index is 1.99. The molecule has 1 aliphatic rings. The van der Waals surface area contributed by atoms with E-state index in [2.05, 4.69) is 11.8 Å². The van der Waals surface area contributed by atoms with Gasteiger partial charge in [0.05, 0.1) is 5.02 Å². The summed E-state index contributed by atoms with van der Waals surface area (Å²) in [5.74, 6) is 0.0918. The van der Waals surface area contributed by atoms with Crippen LogP contribution < -0.4 is 0 Å². The minimum Gasteiger partial charge on any atom is -0.337 e. The molecule has 0 spiro atoms. The van der Waals surface area contributed by atoms with Crippen LogP contribution in [0.1, 0.15) is 41.4 Å². The van der Waals surface area contributed by atoms with Crippen molar-refractivity contribution in [2.75, 3.05) is 32.7 Å². The molecule has 0 aromatic carbocycles. The van der Waals surface area contributed by atoms with Crippen molar-refractivity contribution in [1.29, 1.82) is 0 Å². The average Bonchev–Trinajstić information content (AvgIpc) is 3.06. The van der Waals surface area contributed by atoms with Crippen molar-refractivity contribution < 1.29 is 4.79 Å². The second-order valence-corrected chi connectivity index (χ2v) is 6.66. The fourth-order valence-electron chi connectivity index (χ4n) is 2.57. The number of carbonyl (C=O) groups excluding carboxylic acids is 1. The van der Waals surface area contributed by atoms with Gasteiger partial charge in [0, 0.05) is 19.6 Å². The Kier molecular flexibility index (Phi) is 5.87. The molecule has 20 heavy (non-hydrogen) atoms. The van der Waals surface area contributed by atoms with Gasteiger partial charge in [-0.1, -0.05) is 18.5 Å². The Morgan fingerprint density at radius 1 is 1.40 bits per heavy atom. The fourth-order valence-corrected chi connectivity index (χ4v) is 3.81. The van der Waals surface area contributed by atoms with E-state index in [0.29, 0.717) is 9.90 Å². The second kappa shape index (κ2) is 7.43. The van der Waals surface area contributed by atoms with E-state index in [-0.39, 0.29) is 5.91 Å². The summed E-state index contributed by atoms with van der Waals surface area (Å²) >= 11 is 7.69. The molecule has 2 rings (SSSR count). The van der Waals surface area contributed by atoms with Gasteiger partial charge in [-0.3, -0.25) is 4.79 Å². The zero-order valence-electron chi connectivity index (χ0n) is 12.3. The predicted molar refractivity (Wildman–Crippen MR) is 85.9 cm³/mol. The summed E-state index contributed by atoms with van der Waals surface area (Å²) < 4.78 is 0. The quantitative estimate of drug-likeness (QED) is 0.800. The lowest BCUT2D eigenvalue weighted by Crippen LogP contribution is -2.38. The smallest absolute Gasteiger partial charge is 0.265 e. The summed E-state index contributed by atoms with van der Waals surface area (Å²) in [6.45, 7) is 9.00. The zero-order valence-corrected chi connectivity index (χ0v) is 13.9. The first-order valence-electron chi connectivity index (χ1n) is 7.38. The van der Waals surface area contributed by atoms with Gasteiger partial charge in [-0.2, -0.15) is 0 Å². The lowest BCUT2D eigenvalue weighted by Gasteiger charge is -2.24. The molecule has 0 atom stereocenters. The summed E-state index contributed by atoms with van der Waals surface area (Å²) in [6.07, 6.45) is 3.56. The molecule has 5 heteroatoms. The van der Waals surface area contributed by atoms with Crippen LogP contribution in [0.5, 0.6) is 0 Å². The van der Waals surface area contributed by atoms with Crippen molar-refractivity contribution in [2.45, 2.75) is 33.1 Å². The van der Waals surface area contributed by atoms with Crippen molar-refractivity contribution in [3.63, 3.8) is 0 Å². The van der Waals surface area contributed by atoms with Crippen LogP contribution in [0, 0.1) is 6.92 Å². The van der Waals surface area contributed by atoms with Gasteiger partial charge in [-0.25, -0.2) is 0 Å². The molecule has 0 unspecified atom stereocenters. The SMILES string of the molecule is CCCN(CCN1CCCC1)C(=O)c1scc(C)c1Cl. The molecule has 0 bridgehead atoms. The molecule has 0 saturated carbocycles. The first kappa shape index (κ1) is 15.8. The molecule has 112 valence electrons. The highest BCUT2D eigenvalue weighted by Gasteiger charge is 2.21. The Morgan fingerprint density at radius 2 is 2.10 bits per heavy atom. The third-order valence-electron chi connectivity index (χ3n) is 3.76. The number of likely N-dealkylation sites (tertiary alicyclic amines) is 1. The zero-order chi connectivity index (χ0) is 14.5. The van der Waals surface area contributed by atoms with E-state index >= 15 is 0 Å². The maximum Gasteiger partial charge on any atom is 0.265 e. The topological polar surface area (TPSA) is 23.6 Å². The number of rotatable bonds is 6. The van der Waals surface area contributed by atoms with E-state index in [0.717, 1.165) is 31.6 Å². The standard InChI is InChI=1S/C15H23ClN2OS/c1-3-6-18(10-9-17-7-4-5-8-17)15(19)14-13(16)12(2)11-20-14/h11H,3-10H2,1-2H3. The van der Waals surface area contributed by atoms with Gasteiger partial charge in [0.15, 0.2) is 0 Å². The van der Waals surface area contributed by atoms with Crippen LogP contribution in [-0.4, -0.2) is 48.4 Å². The summed E-state index contributed by atoms with van der Waals surface area (Å²) in [4.78, 5) is 17.7. The monoisotopic (exact) mass is 314 g/mol. The second-order valence-electron chi connectivity index (χ2n) is 5.40. The van der Waals surface area contributed by atoms with E-state index < -0.39 is 0 Å². The molecule has 0 aliphatic carbocycles. The van der Waals surface area contributed by atoms with Crippen molar-refractivity contribution in [1.82, 2.24) is 9.80 Å². The minimum atomic E-state index is 0.0918. The maximum atomic E-state index is 12.6. The van der Waals surface area contributed by atoms with Gasteiger partial charge in [0.25, 0.3) is 5.91 Å². The van der Waals surface area contributed by atoms with E-state index in [1.807, 2.05) is 17.2 Å². The number of hydrogen-bond donors (Lipinski definition) is 0. The number of thiophene rings is 1. The lowest BCUT2D eigenvalue weighted by molar-refractivity contribution is 0.0745. The van der Waals surface area contributed by atoms with Crippen molar-refractivity contribution in [3.05, 3.63) is 20.8 Å². The third kappa shape index (κ3) is 3.74. The first-order valence-corrected chi connectivity index (χ1v) is 8.64. The number of aryl methyl sites for hydroxylation is 1. The van der Waals surface area contributed by atoms with Crippen LogP contribution in [0.25, 0.3) is 0 Å². The van der Waals surface area contributed by atoms with Crippen LogP contribution >= 0.6 is 22.9 Å². The van der Waals surface area contributed by atoms with Crippen LogP contribution in [0.15, 0.2) is 5.38 Å². The van der Waals surface area contributed by atoms with Crippen LogP contribution in [0.4, 0.5) is 0 Å². The Hall–Kier alpha value is -0.580. The van der Waals surface area contributed by atoms with Gasteiger partial charge >= 0.3 is 0 Å². The minimum absolute atomic E-state index is 0.0918. The van der Waals surface area contributed by atoms with Crippen LogP contribution in [0.3, 0.4) is 0 Å². The largest absolute Gasteiger partial charge is 0.337 e. The summed E-state index contributed by atoms with van der Waals surface area (Å²) in [5.41, 5.74) is 0.996. The van der Waals surface area contributed by atoms with Gasteiger partial charge < -0.3 is 9.80 Å². The summed E-state index contributed by atoms with van der Waals surface area (Å²) in [5, 5.41) is 2.59. The Labute approximate surface area is 130 Å². The van der Waals surface area contributed by atoms with E-state index in [1.165, 1.54) is 37.3 Å². The number of halogens is 1. The van der Waals surface area contributed by atoms with Crippen molar-refractivity contribution in [2.24, 2.45) is 0 Å². The van der Waals surface area contributed by atoms with E-state index in [9.17, 15) is 4.79 Å². The highest BCUT2D eigenvalue weighted by molar-refractivity contribution is 7.13. The molecule has 1 aromatic rings. The molecule has 1 aliphatic heterocycles. The molecular formula is C15H23ClN2OS. The molecule has 1 saturated heterocycles. The highest BCUT2D eigenvalue weighted by atomic mass is 35.5. The molecular weight excluding hydrogens is 292 g/mol. The lowest BCUT2D eigenvalue weighted by atomic mass is 10.3. The molecule has 1 fully saturated rings. The summed E-state index contributed by atoms with van der Waals surface area (Å²) in [6, 6.07) is 0. The molecule has 0 N–H and O–H groups in total. The number of carbonyl (C=O) groups is 1. The highest BCUT2D eigenvalue weighted by Crippen LogP contribution is 2.28. The van der Waals surface area contributed by atoms with Gasteiger partial charge in [0.1, 0.15) is 4.88 Å². The fraction of sp³-hybridized carbons (Fsp3) is 0.667. The number of amides is 1. The predicted octanol–water partition coefficient (Wildman–Crippen LogP) is 3.66. The number of nitrogens with zero attached hydrogens (tertiary/aromatic N) is 2. The van der Waals surface area contributed by atoms with Crippen molar-refractivity contribution >= 4 is 28.8 Å². The number of hydrogen-bond acceptors (Lipinski definition) is 3. The average molecular weight is 315 g/mol. The Morgan fingerprint density at radius 3 is 2.65 bits per heavy atom. The third-order valence-corrected chi connectivity index (χ3v) is 5.44. The maximum absolute atomic E-state index is 12.6. The molecule has 1 amide bonds. The van der Waals surface area contributed by atoms with Gasteiger partial charge in [-0.15, -0.1) is 11.3 Å². The van der Waals surface area contributed by atoms with Crippen LogP contribution in [-0.2, 0) is 0 Å². The van der Waals surface area contributed by atoms with Crippen LogP contribution in [0.2, 0.25) is 5.02 Å². The van der Waals surface area contributed by atoms with Crippen molar-refractivity contribution in [3.8, 4) is 0 Å². The first-order chi connectivity index (χ1) is 9.63. The van der Waals surface area contributed by atoms with E-state index in [4.69, 9.17) is 11.6 Å². The van der Waals surface area contributed by atoms with Gasteiger partial charge in [0.2, 0.25) is 0 Å². The van der Waals surface area contributed by atoms with Gasteiger partial charge in [-0.05, 0) is 50.2 Å². The molecule has 1 aromatic heterocycles. The van der Waals surface area contributed by atoms with E-state index in [1.54, 1.807) is 0 Å². The molecule has 3 nitrogen and oxygen atoms in total. The normalized spacial score (nSPS) is 15.8. The molecule has 2 heterocycles.